The summed E-state index contributed by atoms with van der Waals surface area (Å²) in [6.45, 7) is 3.49. The predicted molar refractivity (Wildman–Crippen MR) is 67.6 cm³/mol. The van der Waals surface area contributed by atoms with Crippen molar-refractivity contribution in [2.45, 2.75) is 26.3 Å². The maximum absolute atomic E-state index is 10.1. The minimum atomic E-state index is 0.438. The molecule has 0 radical (unpaired) electrons. The Morgan fingerprint density at radius 3 is 2.44 bits per heavy atom. The number of hydrogen-bond donors (Lipinski definition) is 2. The van der Waals surface area contributed by atoms with Gasteiger partial charge in [0.25, 0.3) is 0 Å². The fourth-order valence-corrected chi connectivity index (χ4v) is 1.88. The zero-order chi connectivity index (χ0) is 12.1. The monoisotopic (exact) mass is 222 g/mol. The van der Waals surface area contributed by atoms with E-state index in [1.165, 1.54) is 5.56 Å². The number of benzene rings is 1. The summed E-state index contributed by atoms with van der Waals surface area (Å²) in [7, 11) is 4.00. The first-order valence-corrected chi connectivity index (χ1v) is 5.70. The lowest BCUT2D eigenvalue weighted by molar-refractivity contribution is 0.384. The number of phenols is 1. The third-order valence-electron chi connectivity index (χ3n) is 2.55. The minimum absolute atomic E-state index is 0.438. The molecule has 0 unspecified atom stereocenters. The summed E-state index contributed by atoms with van der Waals surface area (Å²) >= 11 is 0. The van der Waals surface area contributed by atoms with Crippen molar-refractivity contribution in [2.75, 3.05) is 20.6 Å². The third-order valence-corrected chi connectivity index (χ3v) is 2.55. The number of rotatable bonds is 5. The Balaban J connectivity index is 2.95. The van der Waals surface area contributed by atoms with Crippen LogP contribution in [0.5, 0.6) is 5.75 Å². The number of phenolic OH excluding ortho intramolecular Hbond substituents is 1. The maximum Gasteiger partial charge on any atom is 0.123 e. The van der Waals surface area contributed by atoms with E-state index in [0.29, 0.717) is 12.3 Å². The van der Waals surface area contributed by atoms with Crippen LogP contribution in [0, 0.1) is 6.92 Å². The molecule has 0 heterocycles. The molecule has 0 amide bonds. The van der Waals surface area contributed by atoms with Crippen molar-refractivity contribution in [1.82, 2.24) is 4.90 Å². The Hall–Kier alpha value is -1.06. The third kappa shape index (κ3) is 3.51. The predicted octanol–water partition coefficient (Wildman–Crippen LogP) is 1.65. The summed E-state index contributed by atoms with van der Waals surface area (Å²) in [6, 6.07) is 4.09. The molecule has 0 saturated carbocycles. The highest BCUT2D eigenvalue weighted by Gasteiger charge is 2.09. The lowest BCUT2D eigenvalue weighted by Gasteiger charge is -2.15. The Bertz CT molecular complexity index is 348. The zero-order valence-corrected chi connectivity index (χ0v) is 10.5. The van der Waals surface area contributed by atoms with E-state index in [0.717, 1.165) is 30.5 Å². The van der Waals surface area contributed by atoms with Gasteiger partial charge in [0.05, 0.1) is 0 Å². The molecule has 90 valence electrons. The van der Waals surface area contributed by atoms with Crippen LogP contribution in [0.1, 0.15) is 23.1 Å². The molecule has 3 heteroatoms. The molecule has 3 nitrogen and oxygen atoms in total. The number of hydrogen-bond acceptors (Lipinski definition) is 3. The van der Waals surface area contributed by atoms with E-state index in [1.54, 1.807) is 0 Å². The molecule has 0 aliphatic carbocycles. The molecular weight excluding hydrogens is 200 g/mol. The molecule has 0 bridgehead atoms. The highest BCUT2D eigenvalue weighted by molar-refractivity contribution is 5.43. The van der Waals surface area contributed by atoms with Crippen molar-refractivity contribution in [3.05, 3.63) is 28.8 Å². The topological polar surface area (TPSA) is 49.5 Å². The highest BCUT2D eigenvalue weighted by Crippen LogP contribution is 2.26. The molecule has 0 fully saturated rings. The fraction of sp³-hybridized carbons (Fsp3) is 0.538. The molecule has 0 aliphatic rings. The van der Waals surface area contributed by atoms with Gasteiger partial charge < -0.3 is 15.7 Å². The Morgan fingerprint density at radius 1 is 1.25 bits per heavy atom. The van der Waals surface area contributed by atoms with Crippen molar-refractivity contribution in [2.24, 2.45) is 5.73 Å². The second-order valence-electron chi connectivity index (χ2n) is 4.56. The normalized spacial score (nSPS) is 11.1. The molecule has 0 aromatic heterocycles. The molecule has 0 aliphatic heterocycles. The van der Waals surface area contributed by atoms with Crippen LogP contribution in [0.15, 0.2) is 12.1 Å². The van der Waals surface area contributed by atoms with Crippen LogP contribution in [0.4, 0.5) is 0 Å². The van der Waals surface area contributed by atoms with Gasteiger partial charge in [-0.15, -0.1) is 0 Å². The van der Waals surface area contributed by atoms with E-state index in [-0.39, 0.29) is 0 Å². The van der Waals surface area contributed by atoms with Crippen LogP contribution < -0.4 is 5.73 Å². The Labute approximate surface area is 97.9 Å². The van der Waals surface area contributed by atoms with E-state index in [2.05, 4.69) is 11.8 Å². The van der Waals surface area contributed by atoms with Gasteiger partial charge in [-0.1, -0.05) is 17.7 Å². The summed E-state index contributed by atoms with van der Waals surface area (Å²) in [6.07, 6.45) is 1.77. The molecular formula is C13H22N2O. The van der Waals surface area contributed by atoms with Gasteiger partial charge in [-0.2, -0.15) is 0 Å². The van der Waals surface area contributed by atoms with Crippen LogP contribution >= 0.6 is 0 Å². The largest absolute Gasteiger partial charge is 0.507 e. The first-order chi connectivity index (χ1) is 7.54. The van der Waals surface area contributed by atoms with Crippen molar-refractivity contribution >= 4 is 0 Å². The maximum atomic E-state index is 10.1. The van der Waals surface area contributed by atoms with E-state index in [9.17, 15) is 5.11 Å². The quantitative estimate of drug-likeness (QED) is 0.796. The van der Waals surface area contributed by atoms with Crippen LogP contribution in [0.2, 0.25) is 0 Å². The Morgan fingerprint density at radius 2 is 1.88 bits per heavy atom. The summed E-state index contributed by atoms with van der Waals surface area (Å²) in [5.41, 5.74) is 8.70. The summed E-state index contributed by atoms with van der Waals surface area (Å²) in [4.78, 5) is 2.06. The van der Waals surface area contributed by atoms with Gasteiger partial charge in [0, 0.05) is 12.1 Å². The van der Waals surface area contributed by atoms with Crippen LogP contribution in [-0.4, -0.2) is 30.6 Å². The fourth-order valence-electron chi connectivity index (χ4n) is 1.88. The molecule has 0 saturated heterocycles. The van der Waals surface area contributed by atoms with Gasteiger partial charge in [-0.25, -0.2) is 0 Å². The first-order valence-electron chi connectivity index (χ1n) is 5.70. The van der Waals surface area contributed by atoms with Gasteiger partial charge in [-0.3, -0.25) is 0 Å². The minimum Gasteiger partial charge on any atom is -0.507 e. The number of aromatic hydroxyl groups is 1. The van der Waals surface area contributed by atoms with Crippen molar-refractivity contribution in [3.8, 4) is 5.75 Å². The van der Waals surface area contributed by atoms with E-state index in [4.69, 9.17) is 5.73 Å². The Kier molecular flexibility index (Phi) is 4.77. The number of nitrogens with zero attached hydrogens (tertiary/aromatic N) is 1. The smallest absolute Gasteiger partial charge is 0.123 e. The van der Waals surface area contributed by atoms with E-state index >= 15 is 0 Å². The van der Waals surface area contributed by atoms with Crippen LogP contribution in [0.25, 0.3) is 0 Å². The summed E-state index contributed by atoms with van der Waals surface area (Å²) < 4.78 is 0. The molecule has 0 atom stereocenters. The van der Waals surface area contributed by atoms with Crippen LogP contribution in [0.3, 0.4) is 0 Å². The van der Waals surface area contributed by atoms with Crippen molar-refractivity contribution in [3.63, 3.8) is 0 Å². The number of nitrogens with two attached hydrogens (primary N) is 1. The molecule has 16 heavy (non-hydrogen) atoms. The zero-order valence-electron chi connectivity index (χ0n) is 10.5. The second-order valence-corrected chi connectivity index (χ2v) is 4.56. The van der Waals surface area contributed by atoms with Gasteiger partial charge >= 0.3 is 0 Å². The standard InChI is InChI=1S/C13H22N2O/c1-10-7-11(5-4-6-14)13(16)12(8-10)9-15(2)3/h7-8,16H,4-6,9,14H2,1-3H3. The lowest BCUT2D eigenvalue weighted by Crippen LogP contribution is -2.11. The van der Waals surface area contributed by atoms with Gasteiger partial charge in [0.15, 0.2) is 0 Å². The molecule has 0 spiro atoms. The molecule has 1 rings (SSSR count). The SMILES string of the molecule is Cc1cc(CCCN)c(O)c(CN(C)C)c1. The molecule has 1 aromatic rings. The molecule has 1 aromatic carbocycles. The number of aryl methyl sites for hydroxylation is 2. The lowest BCUT2D eigenvalue weighted by atomic mass is 10.0. The van der Waals surface area contributed by atoms with E-state index in [1.807, 2.05) is 26.2 Å². The summed E-state index contributed by atoms with van der Waals surface area (Å²) in [5.74, 6) is 0.438. The molecule has 3 N–H and O–H groups in total. The van der Waals surface area contributed by atoms with Crippen LogP contribution in [-0.2, 0) is 13.0 Å². The van der Waals surface area contributed by atoms with E-state index < -0.39 is 0 Å². The van der Waals surface area contributed by atoms with Gasteiger partial charge in [0.2, 0.25) is 0 Å². The van der Waals surface area contributed by atoms with Gasteiger partial charge in [-0.05, 0) is 46.0 Å². The van der Waals surface area contributed by atoms with Crippen molar-refractivity contribution < 1.29 is 5.11 Å². The van der Waals surface area contributed by atoms with Crippen molar-refractivity contribution in [1.29, 1.82) is 0 Å². The average Bonchev–Trinajstić information content (AvgIpc) is 2.20. The summed E-state index contributed by atoms with van der Waals surface area (Å²) in [5, 5.41) is 10.1. The average molecular weight is 222 g/mol. The highest BCUT2D eigenvalue weighted by atomic mass is 16.3. The van der Waals surface area contributed by atoms with Gasteiger partial charge in [0.1, 0.15) is 5.75 Å². The second kappa shape index (κ2) is 5.87. The first kappa shape index (κ1) is 13.0.